The summed E-state index contributed by atoms with van der Waals surface area (Å²) in [4.78, 5) is 7.80. The van der Waals surface area contributed by atoms with E-state index in [0.717, 1.165) is 27.6 Å². The molecule has 4 aromatic rings. The highest BCUT2D eigenvalue weighted by Gasteiger charge is 2.22. The molecule has 0 saturated carbocycles. The van der Waals surface area contributed by atoms with Gasteiger partial charge in [0.2, 0.25) is 10.0 Å². The maximum absolute atomic E-state index is 12.9. The molecule has 0 fully saturated rings. The lowest BCUT2D eigenvalue weighted by atomic mass is 9.92. The van der Waals surface area contributed by atoms with Crippen LogP contribution in [0.4, 0.5) is 0 Å². The van der Waals surface area contributed by atoms with Crippen LogP contribution in [0.2, 0.25) is 0 Å². The van der Waals surface area contributed by atoms with Crippen LogP contribution in [0.3, 0.4) is 0 Å². The average Bonchev–Trinajstić information content (AvgIpc) is 3.19. The van der Waals surface area contributed by atoms with E-state index in [1.807, 2.05) is 54.7 Å². The van der Waals surface area contributed by atoms with Crippen LogP contribution in [0.25, 0.3) is 10.9 Å². The van der Waals surface area contributed by atoms with Crippen molar-refractivity contribution in [3.8, 4) is 0 Å². The molecule has 4 rings (SSSR count). The molecule has 0 bridgehead atoms. The minimum atomic E-state index is -3.63. The third kappa shape index (κ3) is 4.15. The third-order valence-corrected chi connectivity index (χ3v) is 6.86. The molecule has 2 aromatic heterocycles. The summed E-state index contributed by atoms with van der Waals surface area (Å²) in [5, 5.41) is 1.08. The smallest absolute Gasteiger partial charge is 0.240 e. The fourth-order valence-corrected chi connectivity index (χ4v) is 4.73. The molecule has 0 amide bonds. The second kappa shape index (κ2) is 8.42. The van der Waals surface area contributed by atoms with Crippen LogP contribution < -0.4 is 4.72 Å². The number of pyridine rings is 1. The highest BCUT2D eigenvalue weighted by Crippen LogP contribution is 2.30. The van der Waals surface area contributed by atoms with Crippen molar-refractivity contribution in [2.45, 2.75) is 30.6 Å². The summed E-state index contributed by atoms with van der Waals surface area (Å²) in [5.41, 5.74) is 4.13. The fourth-order valence-electron chi connectivity index (χ4n) is 3.68. The molecule has 0 aliphatic heterocycles. The Morgan fingerprint density at radius 3 is 2.43 bits per heavy atom. The van der Waals surface area contributed by atoms with Gasteiger partial charge in [-0.05, 0) is 46.9 Å². The number of hydrogen-bond donors (Lipinski definition) is 2. The zero-order chi connectivity index (χ0) is 21.1. The predicted octanol–water partition coefficient (Wildman–Crippen LogP) is 4.80. The van der Waals surface area contributed by atoms with Crippen LogP contribution in [-0.4, -0.2) is 24.9 Å². The van der Waals surface area contributed by atoms with Gasteiger partial charge in [-0.25, -0.2) is 13.1 Å². The van der Waals surface area contributed by atoms with E-state index >= 15 is 0 Å². The molecular weight excluding hydrogens is 394 g/mol. The monoisotopic (exact) mass is 419 g/mol. The first-order valence-corrected chi connectivity index (χ1v) is 11.5. The molecule has 2 N–H and O–H groups in total. The normalized spacial score (nSPS) is 13.0. The molecule has 154 valence electrons. The van der Waals surface area contributed by atoms with Gasteiger partial charge in [-0.1, -0.05) is 50.2 Å². The largest absolute Gasteiger partial charge is 0.361 e. The Hall–Kier alpha value is -2.96. The molecule has 0 aliphatic rings. The Labute approximate surface area is 177 Å². The first kappa shape index (κ1) is 20.3. The Morgan fingerprint density at radius 1 is 0.967 bits per heavy atom. The maximum Gasteiger partial charge on any atom is 0.240 e. The van der Waals surface area contributed by atoms with Gasteiger partial charge in [-0.3, -0.25) is 4.98 Å². The first-order chi connectivity index (χ1) is 14.5. The molecule has 2 aromatic carbocycles. The molecular formula is C24H25N3O2S. The first-order valence-electron chi connectivity index (χ1n) is 10.0. The Morgan fingerprint density at radius 2 is 1.73 bits per heavy atom. The number of fused-ring (bicyclic) bond motifs is 1. The second-order valence-electron chi connectivity index (χ2n) is 7.70. The molecule has 0 aliphatic carbocycles. The van der Waals surface area contributed by atoms with Crippen LogP contribution in [-0.2, 0) is 10.0 Å². The van der Waals surface area contributed by atoms with Crippen molar-refractivity contribution in [3.63, 3.8) is 0 Å². The van der Waals surface area contributed by atoms with E-state index in [1.165, 1.54) is 0 Å². The lowest BCUT2D eigenvalue weighted by Crippen LogP contribution is -2.29. The number of nitrogens with one attached hydrogen (secondary N) is 2. The van der Waals surface area contributed by atoms with Gasteiger partial charge in [0.15, 0.2) is 0 Å². The maximum atomic E-state index is 12.9. The minimum absolute atomic E-state index is 0.167. The highest BCUT2D eigenvalue weighted by atomic mass is 32.2. The van der Waals surface area contributed by atoms with Gasteiger partial charge in [-0.15, -0.1) is 0 Å². The predicted molar refractivity (Wildman–Crippen MR) is 120 cm³/mol. The Balaban J connectivity index is 1.64. The van der Waals surface area contributed by atoms with Crippen LogP contribution in [0.1, 0.15) is 42.4 Å². The van der Waals surface area contributed by atoms with E-state index in [4.69, 9.17) is 0 Å². The summed E-state index contributed by atoms with van der Waals surface area (Å²) < 4.78 is 28.7. The second-order valence-corrected chi connectivity index (χ2v) is 9.47. The summed E-state index contributed by atoms with van der Waals surface area (Å²) in [6.07, 6.45) is 5.46. The molecule has 5 nitrogen and oxygen atoms in total. The van der Waals surface area contributed by atoms with Crippen molar-refractivity contribution in [2.75, 3.05) is 6.54 Å². The molecule has 2 heterocycles. The van der Waals surface area contributed by atoms with Crippen LogP contribution in [0, 0.1) is 0 Å². The van der Waals surface area contributed by atoms with Crippen molar-refractivity contribution >= 4 is 20.9 Å². The van der Waals surface area contributed by atoms with E-state index < -0.39 is 10.0 Å². The summed E-state index contributed by atoms with van der Waals surface area (Å²) in [6.45, 7) is 4.41. The summed E-state index contributed by atoms with van der Waals surface area (Å²) >= 11 is 0. The molecule has 1 atom stereocenters. The number of aromatic amines is 1. The van der Waals surface area contributed by atoms with Gasteiger partial charge in [0.25, 0.3) is 0 Å². The van der Waals surface area contributed by atoms with E-state index in [9.17, 15) is 8.42 Å². The van der Waals surface area contributed by atoms with Crippen molar-refractivity contribution in [1.29, 1.82) is 0 Å². The summed E-state index contributed by atoms with van der Waals surface area (Å²) in [5.74, 6) is 0.186. The van der Waals surface area contributed by atoms with Crippen LogP contribution in [0.15, 0.2) is 84.1 Å². The number of sulfonamides is 1. The summed E-state index contributed by atoms with van der Waals surface area (Å²) in [6, 6.07) is 19.0. The number of para-hydroxylation sites is 1. The minimum Gasteiger partial charge on any atom is -0.361 e. The molecule has 0 unspecified atom stereocenters. The average molecular weight is 420 g/mol. The van der Waals surface area contributed by atoms with Gasteiger partial charge < -0.3 is 4.98 Å². The molecule has 0 spiro atoms. The lowest BCUT2D eigenvalue weighted by molar-refractivity contribution is 0.577. The zero-order valence-corrected chi connectivity index (χ0v) is 17.9. The van der Waals surface area contributed by atoms with Crippen molar-refractivity contribution in [2.24, 2.45) is 0 Å². The zero-order valence-electron chi connectivity index (χ0n) is 17.0. The number of benzene rings is 2. The topological polar surface area (TPSA) is 74.8 Å². The number of hydrogen-bond acceptors (Lipinski definition) is 3. The molecule has 0 saturated heterocycles. The third-order valence-electron chi connectivity index (χ3n) is 5.42. The fraction of sp³-hybridized carbons (Fsp3) is 0.208. The Kier molecular flexibility index (Phi) is 5.70. The Bertz CT molecular complexity index is 1230. The van der Waals surface area contributed by atoms with Gasteiger partial charge in [0.1, 0.15) is 0 Å². The molecule has 0 radical (unpaired) electrons. The standard InChI is InChI=1S/C24H25N3O2S/c1-17(2)18-9-11-20(12-10-18)30(28,29)27-16-22(19-6-5-13-25-14-19)23-15-26-24-8-4-3-7-21(23)24/h3-15,17,22,26-27H,16H2,1-2H3/t22-/m0/s1. The number of rotatable bonds is 7. The number of nitrogens with zero attached hydrogens (tertiary/aromatic N) is 1. The van der Waals surface area contributed by atoms with Gasteiger partial charge in [0.05, 0.1) is 4.90 Å². The molecule has 6 heteroatoms. The van der Waals surface area contributed by atoms with Crippen molar-refractivity contribution < 1.29 is 8.42 Å². The summed E-state index contributed by atoms with van der Waals surface area (Å²) in [7, 11) is -3.63. The number of H-pyrrole nitrogens is 1. The van der Waals surface area contributed by atoms with Gasteiger partial charge in [-0.2, -0.15) is 0 Å². The van der Waals surface area contributed by atoms with Gasteiger partial charge in [0, 0.05) is 42.0 Å². The van der Waals surface area contributed by atoms with E-state index in [2.05, 4.69) is 28.5 Å². The van der Waals surface area contributed by atoms with E-state index in [0.29, 0.717) is 5.92 Å². The van der Waals surface area contributed by atoms with Gasteiger partial charge >= 0.3 is 0 Å². The van der Waals surface area contributed by atoms with E-state index in [-0.39, 0.29) is 17.4 Å². The lowest BCUT2D eigenvalue weighted by Gasteiger charge is -2.18. The van der Waals surface area contributed by atoms with Crippen LogP contribution >= 0.6 is 0 Å². The van der Waals surface area contributed by atoms with Crippen molar-refractivity contribution in [1.82, 2.24) is 14.7 Å². The van der Waals surface area contributed by atoms with E-state index in [1.54, 1.807) is 24.5 Å². The quantitative estimate of drug-likeness (QED) is 0.452. The number of aromatic nitrogens is 2. The van der Waals surface area contributed by atoms with Crippen LogP contribution in [0.5, 0.6) is 0 Å². The highest BCUT2D eigenvalue weighted by molar-refractivity contribution is 7.89. The van der Waals surface area contributed by atoms with Crippen molar-refractivity contribution in [3.05, 3.63) is 95.9 Å². The SMILES string of the molecule is CC(C)c1ccc(S(=O)(=O)NC[C@@H](c2cccnc2)c2c[nH]c3ccccc23)cc1. The molecule has 30 heavy (non-hydrogen) atoms.